The monoisotopic (exact) mass is 554 g/mol. The highest BCUT2D eigenvalue weighted by Crippen LogP contribution is 2.37. The van der Waals surface area contributed by atoms with Crippen LogP contribution in [0.4, 0.5) is 5.69 Å². The molecule has 6 nitrogen and oxygen atoms in total. The minimum absolute atomic E-state index is 0.0553. The van der Waals surface area contributed by atoms with Crippen molar-refractivity contribution in [1.82, 2.24) is 0 Å². The fourth-order valence-electron chi connectivity index (χ4n) is 3.09. The fraction of sp³-hybridized carbons (Fsp3) is 0.185. The normalized spacial score (nSPS) is 10.9. The summed E-state index contributed by atoms with van der Waals surface area (Å²) < 4.78 is 17.6. The molecule has 0 heterocycles. The molecule has 0 saturated carbocycles. The van der Waals surface area contributed by atoms with Crippen LogP contribution in [0.5, 0.6) is 17.2 Å². The zero-order chi connectivity index (χ0) is 25.2. The lowest BCUT2D eigenvalue weighted by Crippen LogP contribution is -2.13. The molecule has 0 bridgehead atoms. The summed E-state index contributed by atoms with van der Waals surface area (Å²) in [5.41, 5.74) is 1.97. The third-order valence-electron chi connectivity index (χ3n) is 4.84. The molecule has 180 valence electrons. The number of hydrogen-bond donors (Lipinski definition) is 1. The maximum Gasteiger partial charge on any atom is 0.266 e. The summed E-state index contributed by atoms with van der Waals surface area (Å²) >= 11 is 9.63. The zero-order valence-electron chi connectivity index (χ0n) is 19.3. The number of hydrogen-bond acceptors (Lipinski definition) is 5. The van der Waals surface area contributed by atoms with E-state index in [4.69, 9.17) is 25.8 Å². The molecular formula is C27H24BrClN2O4. The highest BCUT2D eigenvalue weighted by molar-refractivity contribution is 9.10. The maximum atomic E-state index is 12.7. The van der Waals surface area contributed by atoms with E-state index in [0.717, 1.165) is 12.0 Å². The highest BCUT2D eigenvalue weighted by Gasteiger charge is 2.14. The van der Waals surface area contributed by atoms with Crippen LogP contribution >= 0.6 is 27.5 Å². The number of benzene rings is 3. The molecule has 0 aliphatic carbocycles. The fourth-order valence-corrected chi connectivity index (χ4v) is 3.86. The lowest BCUT2D eigenvalue weighted by molar-refractivity contribution is -0.112. The van der Waals surface area contributed by atoms with Gasteiger partial charge in [-0.15, -0.1) is 0 Å². The molecule has 0 aliphatic rings. The molecule has 1 amide bonds. The third-order valence-corrected chi connectivity index (χ3v) is 5.80. The van der Waals surface area contributed by atoms with Gasteiger partial charge in [-0.05, 0) is 76.5 Å². The lowest BCUT2D eigenvalue weighted by atomic mass is 10.1. The summed E-state index contributed by atoms with van der Waals surface area (Å²) in [5, 5.41) is 12.9. The summed E-state index contributed by atoms with van der Waals surface area (Å²) in [5.74, 6) is 1.18. The lowest BCUT2D eigenvalue weighted by Gasteiger charge is -2.13. The summed E-state index contributed by atoms with van der Waals surface area (Å²) in [6, 6.07) is 19.8. The van der Waals surface area contributed by atoms with Crippen LogP contribution < -0.4 is 19.5 Å². The Bertz CT molecular complexity index is 1250. The Morgan fingerprint density at radius 2 is 1.89 bits per heavy atom. The Hall–Kier alpha value is -3.47. The van der Waals surface area contributed by atoms with Crippen LogP contribution in [-0.4, -0.2) is 19.6 Å². The number of halogens is 2. The molecule has 0 spiro atoms. The van der Waals surface area contributed by atoms with E-state index in [2.05, 4.69) is 21.2 Å². The molecule has 0 radical (unpaired) electrons. The SMILES string of the molecule is CCCOc1c(Br)cc(/C=C(\C#N)C(=O)Nc2ccc(OCc3ccccc3Cl)cc2)cc1OC. The van der Waals surface area contributed by atoms with Crippen molar-refractivity contribution in [3.8, 4) is 23.3 Å². The van der Waals surface area contributed by atoms with E-state index >= 15 is 0 Å². The Kier molecular flexibility index (Phi) is 9.59. The van der Waals surface area contributed by atoms with Crippen molar-refractivity contribution in [2.45, 2.75) is 20.0 Å². The van der Waals surface area contributed by atoms with Gasteiger partial charge in [-0.2, -0.15) is 5.26 Å². The van der Waals surface area contributed by atoms with E-state index in [0.29, 0.717) is 51.2 Å². The third kappa shape index (κ3) is 7.25. The molecule has 3 aromatic carbocycles. The van der Waals surface area contributed by atoms with E-state index < -0.39 is 5.91 Å². The summed E-state index contributed by atoms with van der Waals surface area (Å²) in [6.45, 7) is 2.88. The van der Waals surface area contributed by atoms with Crippen LogP contribution in [0.2, 0.25) is 5.02 Å². The van der Waals surface area contributed by atoms with Crippen LogP contribution in [-0.2, 0) is 11.4 Å². The van der Waals surface area contributed by atoms with Gasteiger partial charge < -0.3 is 19.5 Å². The van der Waals surface area contributed by atoms with E-state index in [1.807, 2.05) is 37.3 Å². The number of carbonyl (C=O) groups is 1. The van der Waals surface area contributed by atoms with Gasteiger partial charge >= 0.3 is 0 Å². The molecule has 8 heteroatoms. The molecule has 0 saturated heterocycles. The first kappa shape index (κ1) is 26.1. The predicted molar refractivity (Wildman–Crippen MR) is 141 cm³/mol. The Morgan fingerprint density at radius 3 is 2.54 bits per heavy atom. The van der Waals surface area contributed by atoms with E-state index in [-0.39, 0.29) is 5.57 Å². The van der Waals surface area contributed by atoms with Gasteiger partial charge in [0.2, 0.25) is 0 Å². The van der Waals surface area contributed by atoms with Crippen LogP contribution in [0.3, 0.4) is 0 Å². The molecule has 0 fully saturated rings. The number of rotatable bonds is 10. The summed E-state index contributed by atoms with van der Waals surface area (Å²) in [6.07, 6.45) is 2.35. The first-order valence-corrected chi connectivity index (χ1v) is 12.0. The first-order chi connectivity index (χ1) is 16.9. The molecule has 0 aliphatic heterocycles. The summed E-state index contributed by atoms with van der Waals surface area (Å²) in [4.78, 5) is 12.7. The molecule has 35 heavy (non-hydrogen) atoms. The van der Waals surface area contributed by atoms with Crippen LogP contribution in [0.25, 0.3) is 6.08 Å². The average Bonchev–Trinajstić information content (AvgIpc) is 2.86. The minimum Gasteiger partial charge on any atom is -0.493 e. The smallest absolute Gasteiger partial charge is 0.266 e. The molecule has 3 rings (SSSR count). The molecule has 3 aromatic rings. The van der Waals surface area contributed by atoms with Gasteiger partial charge in [0.15, 0.2) is 11.5 Å². The summed E-state index contributed by atoms with van der Waals surface area (Å²) in [7, 11) is 1.54. The molecule has 0 atom stereocenters. The Balaban J connectivity index is 1.68. The van der Waals surface area contributed by atoms with Gasteiger partial charge in [-0.1, -0.05) is 36.7 Å². The van der Waals surface area contributed by atoms with Crippen molar-refractivity contribution >= 4 is 45.2 Å². The van der Waals surface area contributed by atoms with Crippen molar-refractivity contribution < 1.29 is 19.0 Å². The number of anilines is 1. The molecule has 0 aromatic heterocycles. The number of methoxy groups -OCH3 is 1. The maximum absolute atomic E-state index is 12.7. The number of ether oxygens (including phenoxy) is 3. The van der Waals surface area contributed by atoms with Crippen molar-refractivity contribution in [2.75, 3.05) is 19.0 Å². The van der Waals surface area contributed by atoms with Crippen molar-refractivity contribution in [2.24, 2.45) is 0 Å². The van der Waals surface area contributed by atoms with Crippen molar-refractivity contribution in [1.29, 1.82) is 5.26 Å². The highest BCUT2D eigenvalue weighted by atomic mass is 79.9. The molecular weight excluding hydrogens is 532 g/mol. The van der Waals surface area contributed by atoms with Gasteiger partial charge in [0.05, 0.1) is 18.2 Å². The number of nitriles is 1. The quantitative estimate of drug-likeness (QED) is 0.215. The van der Waals surface area contributed by atoms with Crippen LogP contribution in [0, 0.1) is 11.3 Å². The molecule has 0 unspecified atom stereocenters. The van der Waals surface area contributed by atoms with E-state index in [9.17, 15) is 10.1 Å². The zero-order valence-corrected chi connectivity index (χ0v) is 21.7. The van der Waals surface area contributed by atoms with Crippen molar-refractivity contribution in [3.05, 3.63) is 86.9 Å². The van der Waals surface area contributed by atoms with E-state index in [1.165, 1.54) is 13.2 Å². The van der Waals surface area contributed by atoms with Gasteiger partial charge in [-0.3, -0.25) is 4.79 Å². The number of amides is 1. The topological polar surface area (TPSA) is 80.6 Å². The van der Waals surface area contributed by atoms with E-state index in [1.54, 1.807) is 36.4 Å². The number of nitrogens with zero attached hydrogens (tertiary/aromatic N) is 1. The second kappa shape index (κ2) is 12.8. The second-order valence-electron chi connectivity index (χ2n) is 7.41. The Morgan fingerprint density at radius 1 is 1.14 bits per heavy atom. The van der Waals surface area contributed by atoms with Crippen LogP contribution in [0.15, 0.2) is 70.7 Å². The van der Waals surface area contributed by atoms with Gasteiger partial charge in [0.25, 0.3) is 5.91 Å². The molecule has 1 N–H and O–H groups in total. The number of carbonyl (C=O) groups excluding carboxylic acids is 1. The minimum atomic E-state index is -0.529. The van der Waals surface area contributed by atoms with Crippen molar-refractivity contribution in [3.63, 3.8) is 0 Å². The number of nitrogens with one attached hydrogen (secondary N) is 1. The first-order valence-electron chi connectivity index (χ1n) is 10.8. The van der Waals surface area contributed by atoms with Gasteiger partial charge in [-0.25, -0.2) is 0 Å². The average molecular weight is 556 g/mol. The standard InChI is InChI=1S/C27H24BrClN2O4/c1-3-12-34-26-23(28)14-18(15-25(26)33-2)13-20(16-30)27(32)31-21-8-10-22(11-9-21)35-17-19-6-4-5-7-24(19)29/h4-11,13-15H,3,12,17H2,1-2H3,(H,31,32)/b20-13+. The van der Waals surface area contributed by atoms with Gasteiger partial charge in [0, 0.05) is 16.3 Å². The predicted octanol–water partition coefficient (Wildman–Crippen LogP) is 7.02. The van der Waals surface area contributed by atoms with Gasteiger partial charge in [0.1, 0.15) is 24.0 Å². The van der Waals surface area contributed by atoms with Crippen LogP contribution in [0.1, 0.15) is 24.5 Å². The Labute approximate surface area is 218 Å². The second-order valence-corrected chi connectivity index (χ2v) is 8.67. The largest absolute Gasteiger partial charge is 0.493 e.